The van der Waals surface area contributed by atoms with E-state index in [0.717, 1.165) is 18.4 Å². The zero-order valence-electron chi connectivity index (χ0n) is 15.5. The molecule has 5 nitrogen and oxygen atoms in total. The Morgan fingerprint density at radius 1 is 1.11 bits per heavy atom. The molecule has 27 heavy (non-hydrogen) atoms. The summed E-state index contributed by atoms with van der Waals surface area (Å²) in [5.74, 6) is 0.618. The SMILES string of the molecule is C=CCOc1ccc(C(=O)N(Cc2ccc(C(=O)NC)cc2)C2CC2)cc1. The first-order chi connectivity index (χ1) is 13.1. The van der Waals surface area contributed by atoms with Crippen molar-refractivity contribution in [1.29, 1.82) is 0 Å². The molecule has 1 N–H and O–H groups in total. The van der Waals surface area contributed by atoms with Crippen LogP contribution >= 0.6 is 0 Å². The van der Waals surface area contributed by atoms with Crippen molar-refractivity contribution >= 4 is 11.8 Å². The Labute approximate surface area is 159 Å². The zero-order valence-corrected chi connectivity index (χ0v) is 15.5. The highest BCUT2D eigenvalue weighted by Gasteiger charge is 2.33. The van der Waals surface area contributed by atoms with Gasteiger partial charge in [0.15, 0.2) is 0 Å². The number of carbonyl (C=O) groups is 2. The minimum Gasteiger partial charge on any atom is -0.490 e. The number of rotatable bonds is 8. The lowest BCUT2D eigenvalue weighted by atomic mass is 10.1. The fourth-order valence-electron chi connectivity index (χ4n) is 2.87. The summed E-state index contributed by atoms with van der Waals surface area (Å²) in [7, 11) is 1.61. The van der Waals surface area contributed by atoms with Gasteiger partial charge in [-0.1, -0.05) is 24.8 Å². The molecular formula is C22H24N2O3. The molecule has 2 aromatic carbocycles. The highest BCUT2D eigenvalue weighted by atomic mass is 16.5. The molecule has 0 aromatic heterocycles. The number of nitrogens with one attached hydrogen (secondary N) is 1. The fourth-order valence-corrected chi connectivity index (χ4v) is 2.87. The predicted molar refractivity (Wildman–Crippen MR) is 105 cm³/mol. The minimum atomic E-state index is -0.115. The van der Waals surface area contributed by atoms with Crippen molar-refractivity contribution in [3.05, 3.63) is 77.9 Å². The number of hydrogen-bond donors (Lipinski definition) is 1. The van der Waals surface area contributed by atoms with Crippen LogP contribution in [0.5, 0.6) is 5.75 Å². The summed E-state index contributed by atoms with van der Waals surface area (Å²) in [5, 5.41) is 2.61. The Morgan fingerprint density at radius 3 is 2.30 bits per heavy atom. The third kappa shape index (κ3) is 4.76. The molecule has 2 aromatic rings. The normalized spacial score (nSPS) is 12.9. The van der Waals surface area contributed by atoms with E-state index in [1.165, 1.54) is 0 Å². The standard InChI is InChI=1S/C22H24N2O3/c1-3-14-27-20-12-8-18(9-13-20)22(26)24(19-10-11-19)15-16-4-6-17(7-5-16)21(25)23-2/h3-9,12-13,19H,1,10-11,14-15H2,2H3,(H,23,25). The van der Waals surface area contributed by atoms with Crippen LogP contribution in [0, 0.1) is 0 Å². The van der Waals surface area contributed by atoms with Crippen molar-refractivity contribution in [3.63, 3.8) is 0 Å². The van der Waals surface area contributed by atoms with E-state index in [0.29, 0.717) is 30.0 Å². The summed E-state index contributed by atoms with van der Waals surface area (Å²) < 4.78 is 5.47. The van der Waals surface area contributed by atoms with E-state index in [1.54, 1.807) is 49.5 Å². The summed E-state index contributed by atoms with van der Waals surface area (Å²) >= 11 is 0. The Kier molecular flexibility index (Phi) is 5.91. The van der Waals surface area contributed by atoms with Crippen molar-refractivity contribution < 1.29 is 14.3 Å². The van der Waals surface area contributed by atoms with E-state index < -0.39 is 0 Å². The molecule has 140 valence electrons. The maximum atomic E-state index is 13.0. The lowest BCUT2D eigenvalue weighted by Gasteiger charge is -2.23. The maximum absolute atomic E-state index is 13.0. The lowest BCUT2D eigenvalue weighted by molar-refractivity contribution is 0.0729. The van der Waals surface area contributed by atoms with E-state index in [-0.39, 0.29) is 17.9 Å². The Balaban J connectivity index is 1.70. The molecule has 0 heterocycles. The monoisotopic (exact) mass is 364 g/mol. The largest absolute Gasteiger partial charge is 0.490 e. The van der Waals surface area contributed by atoms with E-state index in [2.05, 4.69) is 11.9 Å². The van der Waals surface area contributed by atoms with E-state index in [9.17, 15) is 9.59 Å². The molecule has 0 atom stereocenters. The minimum absolute atomic E-state index is 0.0168. The van der Waals surface area contributed by atoms with Gasteiger partial charge < -0.3 is 15.0 Å². The van der Waals surface area contributed by atoms with Gasteiger partial charge in [0.1, 0.15) is 12.4 Å². The van der Waals surface area contributed by atoms with Gasteiger partial charge in [-0.25, -0.2) is 0 Å². The third-order valence-corrected chi connectivity index (χ3v) is 4.51. The van der Waals surface area contributed by atoms with Crippen LogP contribution in [-0.4, -0.2) is 36.4 Å². The van der Waals surface area contributed by atoms with Crippen LogP contribution < -0.4 is 10.1 Å². The highest BCUT2D eigenvalue weighted by molar-refractivity contribution is 5.95. The van der Waals surface area contributed by atoms with Crippen molar-refractivity contribution in [2.45, 2.75) is 25.4 Å². The first-order valence-corrected chi connectivity index (χ1v) is 9.08. The second kappa shape index (κ2) is 8.54. The van der Waals surface area contributed by atoms with Crippen LogP contribution in [0.3, 0.4) is 0 Å². The average Bonchev–Trinajstić information content (AvgIpc) is 3.55. The van der Waals surface area contributed by atoms with Crippen LogP contribution in [0.4, 0.5) is 0 Å². The second-order valence-corrected chi connectivity index (χ2v) is 6.56. The molecule has 2 amide bonds. The van der Waals surface area contributed by atoms with Gasteiger partial charge in [0.05, 0.1) is 0 Å². The van der Waals surface area contributed by atoms with Gasteiger partial charge in [-0.3, -0.25) is 9.59 Å². The van der Waals surface area contributed by atoms with Crippen LogP contribution in [0.15, 0.2) is 61.2 Å². The number of ether oxygens (including phenoxy) is 1. The van der Waals surface area contributed by atoms with Gasteiger partial charge in [0.25, 0.3) is 11.8 Å². The smallest absolute Gasteiger partial charge is 0.254 e. The molecule has 0 radical (unpaired) electrons. The molecule has 1 saturated carbocycles. The van der Waals surface area contributed by atoms with Crippen LogP contribution in [0.25, 0.3) is 0 Å². The Hall–Kier alpha value is -3.08. The number of benzene rings is 2. The number of hydrogen-bond acceptors (Lipinski definition) is 3. The van der Waals surface area contributed by atoms with Crippen LogP contribution in [-0.2, 0) is 6.54 Å². The van der Waals surface area contributed by atoms with Crippen molar-refractivity contribution in [1.82, 2.24) is 10.2 Å². The number of nitrogens with zero attached hydrogens (tertiary/aromatic N) is 1. The van der Waals surface area contributed by atoms with Crippen molar-refractivity contribution in [2.24, 2.45) is 0 Å². The van der Waals surface area contributed by atoms with E-state index in [1.807, 2.05) is 17.0 Å². The van der Waals surface area contributed by atoms with Crippen molar-refractivity contribution in [2.75, 3.05) is 13.7 Å². The molecule has 1 aliphatic carbocycles. The molecule has 3 rings (SSSR count). The van der Waals surface area contributed by atoms with Gasteiger partial charge in [0.2, 0.25) is 0 Å². The summed E-state index contributed by atoms with van der Waals surface area (Å²) in [6.07, 6.45) is 3.74. The molecule has 1 aliphatic rings. The third-order valence-electron chi connectivity index (χ3n) is 4.51. The first-order valence-electron chi connectivity index (χ1n) is 9.08. The molecule has 5 heteroatoms. The second-order valence-electron chi connectivity index (χ2n) is 6.56. The first kappa shape index (κ1) is 18.7. The Morgan fingerprint density at radius 2 is 1.74 bits per heavy atom. The van der Waals surface area contributed by atoms with E-state index in [4.69, 9.17) is 4.74 Å². The fraction of sp³-hybridized carbons (Fsp3) is 0.273. The molecule has 0 spiro atoms. The van der Waals surface area contributed by atoms with Crippen molar-refractivity contribution in [3.8, 4) is 5.75 Å². The van der Waals surface area contributed by atoms with Gasteiger partial charge in [0, 0.05) is 30.8 Å². The van der Waals surface area contributed by atoms with Gasteiger partial charge in [-0.15, -0.1) is 0 Å². The lowest BCUT2D eigenvalue weighted by Crippen LogP contribution is -2.32. The predicted octanol–water partition coefficient (Wildman–Crippen LogP) is 3.42. The number of amides is 2. The highest BCUT2D eigenvalue weighted by Crippen LogP contribution is 2.30. The molecule has 0 unspecified atom stereocenters. The number of carbonyl (C=O) groups excluding carboxylic acids is 2. The molecule has 0 saturated heterocycles. The summed E-state index contributed by atoms with van der Waals surface area (Å²) in [6, 6.07) is 14.9. The molecule has 0 aliphatic heterocycles. The summed E-state index contributed by atoms with van der Waals surface area (Å²) in [4.78, 5) is 26.6. The van der Waals surface area contributed by atoms with Gasteiger partial charge in [-0.2, -0.15) is 0 Å². The van der Waals surface area contributed by atoms with E-state index >= 15 is 0 Å². The molecule has 1 fully saturated rings. The molecule has 0 bridgehead atoms. The Bertz CT molecular complexity index is 808. The average molecular weight is 364 g/mol. The molecular weight excluding hydrogens is 340 g/mol. The summed E-state index contributed by atoms with van der Waals surface area (Å²) in [6.45, 7) is 4.59. The maximum Gasteiger partial charge on any atom is 0.254 e. The zero-order chi connectivity index (χ0) is 19.2. The summed E-state index contributed by atoms with van der Waals surface area (Å²) in [5.41, 5.74) is 2.27. The van der Waals surface area contributed by atoms with Gasteiger partial charge >= 0.3 is 0 Å². The van der Waals surface area contributed by atoms with Gasteiger partial charge in [-0.05, 0) is 54.8 Å². The quantitative estimate of drug-likeness (QED) is 0.730. The van der Waals surface area contributed by atoms with Crippen LogP contribution in [0.1, 0.15) is 39.1 Å². The topological polar surface area (TPSA) is 58.6 Å². The van der Waals surface area contributed by atoms with Crippen LogP contribution in [0.2, 0.25) is 0 Å².